The molecular weight excluding hydrogens is 310 g/mol. The molecule has 0 saturated carbocycles. The number of carbonyl (C=O) groups is 1. The fourth-order valence-corrected chi connectivity index (χ4v) is 3.90. The fraction of sp³-hybridized carbons (Fsp3) is 0.318. The summed E-state index contributed by atoms with van der Waals surface area (Å²) < 4.78 is 5.82. The van der Waals surface area contributed by atoms with E-state index in [1.165, 1.54) is 22.3 Å². The van der Waals surface area contributed by atoms with Crippen molar-refractivity contribution >= 4 is 16.9 Å². The van der Waals surface area contributed by atoms with E-state index < -0.39 is 0 Å². The van der Waals surface area contributed by atoms with Gasteiger partial charge in [-0.25, -0.2) is 0 Å². The van der Waals surface area contributed by atoms with E-state index in [-0.39, 0.29) is 5.91 Å². The lowest BCUT2D eigenvalue weighted by molar-refractivity contribution is -0.131. The van der Waals surface area contributed by atoms with Crippen LogP contribution in [-0.4, -0.2) is 17.4 Å². The molecule has 2 aromatic carbocycles. The standard InChI is InChI=1S/C22H23NO2/c1-14-10-15(2)21-19(13-25-22(21)16(14)3)11-20(24)23-9-8-17-6-4-5-7-18(17)12-23/h4-7,10,13H,8-9,11-12H2,1-3H3. The lowest BCUT2D eigenvalue weighted by Gasteiger charge is -2.28. The maximum Gasteiger partial charge on any atom is 0.227 e. The first-order valence-corrected chi connectivity index (χ1v) is 8.86. The van der Waals surface area contributed by atoms with Gasteiger partial charge in [0.2, 0.25) is 5.91 Å². The minimum Gasteiger partial charge on any atom is -0.464 e. The first-order chi connectivity index (χ1) is 12.0. The van der Waals surface area contributed by atoms with Crippen LogP contribution in [0.3, 0.4) is 0 Å². The fourth-order valence-electron chi connectivity index (χ4n) is 3.90. The van der Waals surface area contributed by atoms with Crippen molar-refractivity contribution in [3.8, 4) is 0 Å². The Balaban J connectivity index is 1.60. The third-order valence-electron chi connectivity index (χ3n) is 5.45. The van der Waals surface area contributed by atoms with Gasteiger partial charge in [0, 0.05) is 24.0 Å². The maximum atomic E-state index is 12.9. The van der Waals surface area contributed by atoms with Gasteiger partial charge in [-0.1, -0.05) is 30.3 Å². The molecule has 1 aliphatic heterocycles. The molecule has 0 radical (unpaired) electrons. The second-order valence-electron chi connectivity index (χ2n) is 7.11. The van der Waals surface area contributed by atoms with Gasteiger partial charge in [-0.15, -0.1) is 0 Å². The van der Waals surface area contributed by atoms with Gasteiger partial charge in [0.1, 0.15) is 5.58 Å². The molecule has 25 heavy (non-hydrogen) atoms. The van der Waals surface area contributed by atoms with Crippen molar-refractivity contribution in [3.05, 3.63) is 70.0 Å². The van der Waals surface area contributed by atoms with E-state index in [1.54, 1.807) is 6.26 Å². The lowest BCUT2D eigenvalue weighted by atomic mass is 9.97. The van der Waals surface area contributed by atoms with Gasteiger partial charge in [0.15, 0.2) is 0 Å². The zero-order valence-corrected chi connectivity index (χ0v) is 15.1. The summed E-state index contributed by atoms with van der Waals surface area (Å²) in [6.07, 6.45) is 3.10. The van der Waals surface area contributed by atoms with E-state index in [2.05, 4.69) is 45.0 Å². The average molecular weight is 333 g/mol. The van der Waals surface area contributed by atoms with E-state index in [9.17, 15) is 4.79 Å². The van der Waals surface area contributed by atoms with E-state index in [0.717, 1.165) is 35.1 Å². The van der Waals surface area contributed by atoms with Crippen LogP contribution < -0.4 is 0 Å². The van der Waals surface area contributed by atoms with Crippen LogP contribution in [0.1, 0.15) is 33.4 Å². The zero-order valence-electron chi connectivity index (χ0n) is 15.1. The molecule has 0 spiro atoms. The Labute approximate surface area is 148 Å². The summed E-state index contributed by atoms with van der Waals surface area (Å²) in [5.41, 5.74) is 8.11. The average Bonchev–Trinajstić information content (AvgIpc) is 3.03. The summed E-state index contributed by atoms with van der Waals surface area (Å²) in [5.74, 6) is 0.176. The van der Waals surface area contributed by atoms with Gasteiger partial charge in [-0.05, 0) is 55.0 Å². The highest BCUT2D eigenvalue weighted by atomic mass is 16.3. The number of amides is 1. The number of rotatable bonds is 2. The van der Waals surface area contributed by atoms with E-state index in [4.69, 9.17) is 4.42 Å². The highest BCUT2D eigenvalue weighted by Gasteiger charge is 2.22. The van der Waals surface area contributed by atoms with Crippen molar-refractivity contribution in [3.63, 3.8) is 0 Å². The van der Waals surface area contributed by atoms with Crippen molar-refractivity contribution in [1.29, 1.82) is 0 Å². The smallest absolute Gasteiger partial charge is 0.227 e. The largest absolute Gasteiger partial charge is 0.464 e. The normalized spacial score (nSPS) is 14.0. The first kappa shape index (κ1) is 15.9. The number of furan rings is 1. The minimum absolute atomic E-state index is 0.176. The monoisotopic (exact) mass is 333 g/mol. The summed E-state index contributed by atoms with van der Waals surface area (Å²) in [6.45, 7) is 7.77. The molecule has 2 heterocycles. The Hall–Kier alpha value is -2.55. The van der Waals surface area contributed by atoms with Gasteiger partial charge in [-0.2, -0.15) is 0 Å². The van der Waals surface area contributed by atoms with Crippen molar-refractivity contribution in [2.45, 2.75) is 40.2 Å². The third-order valence-corrected chi connectivity index (χ3v) is 5.45. The highest BCUT2D eigenvalue weighted by Crippen LogP contribution is 2.30. The summed E-state index contributed by atoms with van der Waals surface area (Å²) in [6, 6.07) is 10.6. The molecule has 3 aromatic rings. The molecule has 3 heteroatoms. The molecule has 3 nitrogen and oxygen atoms in total. The Morgan fingerprint density at radius 2 is 1.88 bits per heavy atom. The predicted molar refractivity (Wildman–Crippen MR) is 99.7 cm³/mol. The Morgan fingerprint density at radius 1 is 1.12 bits per heavy atom. The number of nitrogens with zero attached hydrogens (tertiary/aromatic N) is 1. The molecule has 4 rings (SSSR count). The lowest BCUT2D eigenvalue weighted by Crippen LogP contribution is -2.36. The van der Waals surface area contributed by atoms with Crippen molar-refractivity contribution in [1.82, 2.24) is 4.90 Å². The summed E-state index contributed by atoms with van der Waals surface area (Å²) >= 11 is 0. The summed E-state index contributed by atoms with van der Waals surface area (Å²) in [5, 5.41) is 1.11. The van der Waals surface area contributed by atoms with Gasteiger partial charge in [0.05, 0.1) is 12.7 Å². The number of hydrogen-bond acceptors (Lipinski definition) is 2. The number of aryl methyl sites for hydroxylation is 3. The van der Waals surface area contributed by atoms with Crippen LogP contribution in [0.4, 0.5) is 0 Å². The predicted octanol–water partition coefficient (Wildman–Crippen LogP) is 4.49. The number of fused-ring (bicyclic) bond motifs is 2. The van der Waals surface area contributed by atoms with Crippen molar-refractivity contribution in [2.75, 3.05) is 6.54 Å². The Morgan fingerprint density at radius 3 is 2.68 bits per heavy atom. The van der Waals surface area contributed by atoms with Crippen LogP contribution in [0, 0.1) is 20.8 Å². The first-order valence-electron chi connectivity index (χ1n) is 8.86. The molecule has 1 aliphatic rings. The van der Waals surface area contributed by atoms with Crippen LogP contribution in [-0.2, 0) is 24.2 Å². The van der Waals surface area contributed by atoms with Crippen LogP contribution in [0.2, 0.25) is 0 Å². The quantitative estimate of drug-likeness (QED) is 0.692. The molecule has 0 bridgehead atoms. The molecule has 0 aliphatic carbocycles. The Bertz CT molecular complexity index is 968. The third kappa shape index (κ3) is 2.74. The Kier molecular flexibility index (Phi) is 3.87. The number of benzene rings is 2. The van der Waals surface area contributed by atoms with E-state index >= 15 is 0 Å². The summed E-state index contributed by atoms with van der Waals surface area (Å²) in [4.78, 5) is 14.8. The van der Waals surface area contributed by atoms with E-state index in [0.29, 0.717) is 13.0 Å². The van der Waals surface area contributed by atoms with Crippen LogP contribution in [0.5, 0.6) is 0 Å². The molecule has 0 unspecified atom stereocenters. The molecule has 128 valence electrons. The van der Waals surface area contributed by atoms with Crippen LogP contribution in [0.15, 0.2) is 41.0 Å². The van der Waals surface area contributed by atoms with E-state index in [1.807, 2.05) is 11.0 Å². The number of carbonyl (C=O) groups excluding carboxylic acids is 1. The molecule has 0 fully saturated rings. The van der Waals surface area contributed by atoms with Crippen molar-refractivity contribution < 1.29 is 9.21 Å². The second-order valence-corrected chi connectivity index (χ2v) is 7.11. The summed E-state index contributed by atoms with van der Waals surface area (Å²) in [7, 11) is 0. The molecule has 0 N–H and O–H groups in total. The molecule has 1 aromatic heterocycles. The molecule has 0 atom stereocenters. The van der Waals surface area contributed by atoms with Crippen LogP contribution in [0.25, 0.3) is 11.0 Å². The van der Waals surface area contributed by atoms with Gasteiger partial charge < -0.3 is 9.32 Å². The molecular formula is C22H23NO2. The maximum absolute atomic E-state index is 12.9. The molecule has 0 saturated heterocycles. The van der Waals surface area contributed by atoms with Crippen molar-refractivity contribution in [2.24, 2.45) is 0 Å². The van der Waals surface area contributed by atoms with Crippen LogP contribution >= 0.6 is 0 Å². The van der Waals surface area contributed by atoms with Gasteiger partial charge >= 0.3 is 0 Å². The molecule has 1 amide bonds. The topological polar surface area (TPSA) is 33.5 Å². The second kappa shape index (κ2) is 6.07. The minimum atomic E-state index is 0.176. The highest BCUT2D eigenvalue weighted by molar-refractivity contribution is 5.92. The number of hydrogen-bond donors (Lipinski definition) is 0. The van der Waals surface area contributed by atoms with Gasteiger partial charge in [-0.3, -0.25) is 4.79 Å². The van der Waals surface area contributed by atoms with Gasteiger partial charge in [0.25, 0.3) is 0 Å². The SMILES string of the molecule is Cc1cc(C)c2c(CC(=O)N3CCc4ccccc4C3)coc2c1C. The zero-order chi connectivity index (χ0) is 17.6.